The number of allylic oxidation sites excluding steroid dienone is 1. The SMILES string of the molecule is C=CCn1c(SCC(=O)c2ccccc2)nc2sc3c(c2c1=O)C[C@H](C(C)C)OC3. The molecular formula is C23H24N2O3S2. The largest absolute Gasteiger partial charge is 0.372 e. The normalized spacial score (nSPS) is 16.0. The molecule has 0 radical (unpaired) electrons. The van der Waals surface area contributed by atoms with Gasteiger partial charge >= 0.3 is 0 Å². The number of aromatic nitrogens is 2. The van der Waals surface area contributed by atoms with Crippen LogP contribution in [0.25, 0.3) is 10.2 Å². The van der Waals surface area contributed by atoms with E-state index in [0.717, 1.165) is 21.7 Å². The monoisotopic (exact) mass is 440 g/mol. The molecule has 4 rings (SSSR count). The lowest BCUT2D eigenvalue weighted by atomic mass is 9.96. The number of thiophene rings is 1. The minimum atomic E-state index is -0.0588. The predicted octanol–water partition coefficient (Wildman–Crippen LogP) is 4.72. The molecule has 0 unspecified atom stereocenters. The number of hydrogen-bond acceptors (Lipinski definition) is 6. The molecule has 3 aromatic rings. The molecular weight excluding hydrogens is 416 g/mol. The zero-order valence-corrected chi connectivity index (χ0v) is 18.7. The molecule has 0 N–H and O–H groups in total. The number of carbonyl (C=O) groups is 1. The Balaban J connectivity index is 1.70. The number of thioether (sulfide) groups is 1. The summed E-state index contributed by atoms with van der Waals surface area (Å²) in [5.41, 5.74) is 1.68. The molecule has 0 saturated heterocycles. The summed E-state index contributed by atoms with van der Waals surface area (Å²) >= 11 is 2.83. The average molecular weight is 441 g/mol. The summed E-state index contributed by atoms with van der Waals surface area (Å²) in [6, 6.07) is 9.17. The molecule has 1 aromatic carbocycles. The number of Topliss-reactive ketones (excluding diaryl/α,β-unsaturated/α-hetero) is 1. The maximum absolute atomic E-state index is 13.4. The molecule has 156 valence electrons. The second-order valence-electron chi connectivity index (χ2n) is 7.66. The molecule has 0 spiro atoms. The number of hydrogen-bond donors (Lipinski definition) is 0. The van der Waals surface area contributed by atoms with Crippen molar-refractivity contribution in [2.75, 3.05) is 5.75 Å². The number of nitrogens with zero attached hydrogens (tertiary/aromatic N) is 2. The van der Waals surface area contributed by atoms with Crippen molar-refractivity contribution in [3.8, 4) is 0 Å². The highest BCUT2D eigenvalue weighted by Crippen LogP contribution is 2.35. The van der Waals surface area contributed by atoms with Crippen molar-refractivity contribution in [2.45, 2.75) is 44.7 Å². The van der Waals surface area contributed by atoms with E-state index in [1.807, 2.05) is 18.2 Å². The smallest absolute Gasteiger partial charge is 0.263 e. The average Bonchev–Trinajstić information content (AvgIpc) is 3.12. The van der Waals surface area contributed by atoms with Crippen molar-refractivity contribution in [3.63, 3.8) is 0 Å². The van der Waals surface area contributed by atoms with Crippen molar-refractivity contribution in [3.05, 3.63) is 69.3 Å². The van der Waals surface area contributed by atoms with Gasteiger partial charge in [0.15, 0.2) is 10.9 Å². The molecule has 3 heterocycles. The van der Waals surface area contributed by atoms with Gasteiger partial charge in [-0.1, -0.05) is 62.0 Å². The fraction of sp³-hybridized carbons (Fsp3) is 0.348. The van der Waals surface area contributed by atoms with Crippen LogP contribution in [0.2, 0.25) is 0 Å². The summed E-state index contributed by atoms with van der Waals surface area (Å²) in [6.45, 7) is 8.94. The Labute approximate surface area is 183 Å². The van der Waals surface area contributed by atoms with E-state index >= 15 is 0 Å². The van der Waals surface area contributed by atoms with Crippen LogP contribution in [-0.2, 0) is 24.3 Å². The molecule has 1 atom stereocenters. The fourth-order valence-corrected chi connectivity index (χ4v) is 5.67. The first-order chi connectivity index (χ1) is 14.5. The van der Waals surface area contributed by atoms with Crippen LogP contribution in [0.1, 0.15) is 34.6 Å². The van der Waals surface area contributed by atoms with Gasteiger partial charge in [0.05, 0.1) is 23.8 Å². The number of ether oxygens (including phenoxy) is 1. The molecule has 1 aliphatic heterocycles. The van der Waals surface area contributed by atoms with Crippen molar-refractivity contribution in [2.24, 2.45) is 5.92 Å². The number of fused-ring (bicyclic) bond motifs is 3. The van der Waals surface area contributed by atoms with Gasteiger partial charge in [0, 0.05) is 23.4 Å². The molecule has 7 heteroatoms. The van der Waals surface area contributed by atoms with E-state index in [2.05, 4.69) is 20.4 Å². The van der Waals surface area contributed by atoms with Gasteiger partial charge in [-0.3, -0.25) is 14.2 Å². The van der Waals surface area contributed by atoms with E-state index in [0.29, 0.717) is 35.2 Å². The molecule has 30 heavy (non-hydrogen) atoms. The molecule has 5 nitrogen and oxygen atoms in total. The summed E-state index contributed by atoms with van der Waals surface area (Å²) in [7, 11) is 0. The lowest BCUT2D eigenvalue weighted by Crippen LogP contribution is -2.28. The van der Waals surface area contributed by atoms with Gasteiger partial charge in [0.1, 0.15) is 4.83 Å². The van der Waals surface area contributed by atoms with Crippen LogP contribution in [0.15, 0.2) is 52.9 Å². The summed E-state index contributed by atoms with van der Waals surface area (Å²) < 4.78 is 7.61. The van der Waals surface area contributed by atoms with E-state index in [9.17, 15) is 9.59 Å². The van der Waals surface area contributed by atoms with Crippen LogP contribution in [0.4, 0.5) is 0 Å². The van der Waals surface area contributed by atoms with E-state index in [4.69, 9.17) is 9.72 Å². The fourth-order valence-electron chi connectivity index (χ4n) is 3.61. The van der Waals surface area contributed by atoms with Gasteiger partial charge < -0.3 is 4.74 Å². The summed E-state index contributed by atoms with van der Waals surface area (Å²) in [6.07, 6.45) is 2.54. The van der Waals surface area contributed by atoms with E-state index in [-0.39, 0.29) is 23.2 Å². The van der Waals surface area contributed by atoms with Crippen LogP contribution >= 0.6 is 23.1 Å². The zero-order chi connectivity index (χ0) is 21.3. The number of ketones is 1. The highest BCUT2D eigenvalue weighted by atomic mass is 32.2. The molecule has 0 amide bonds. The number of rotatable bonds is 7. The second kappa shape index (κ2) is 8.88. The van der Waals surface area contributed by atoms with E-state index in [1.165, 1.54) is 23.1 Å². The Bertz CT molecular complexity index is 1150. The molecule has 0 bridgehead atoms. The minimum Gasteiger partial charge on any atom is -0.372 e. The van der Waals surface area contributed by atoms with Crippen molar-refractivity contribution >= 4 is 39.1 Å². The third-order valence-electron chi connectivity index (χ3n) is 5.28. The summed E-state index contributed by atoms with van der Waals surface area (Å²) in [4.78, 5) is 32.5. The maximum Gasteiger partial charge on any atom is 0.263 e. The van der Waals surface area contributed by atoms with Crippen molar-refractivity contribution in [1.82, 2.24) is 9.55 Å². The van der Waals surface area contributed by atoms with Crippen molar-refractivity contribution < 1.29 is 9.53 Å². The number of benzene rings is 1. The van der Waals surface area contributed by atoms with Gasteiger partial charge in [0.25, 0.3) is 5.56 Å². The van der Waals surface area contributed by atoms with E-state index in [1.54, 1.807) is 22.8 Å². The number of carbonyl (C=O) groups excluding carboxylic acids is 1. The Morgan fingerprint density at radius 1 is 1.40 bits per heavy atom. The van der Waals surface area contributed by atoms with Crippen LogP contribution < -0.4 is 5.56 Å². The Hall–Kier alpha value is -2.22. The first-order valence-electron chi connectivity index (χ1n) is 9.98. The predicted molar refractivity (Wildman–Crippen MR) is 123 cm³/mol. The highest BCUT2D eigenvalue weighted by Gasteiger charge is 2.28. The first kappa shape index (κ1) is 21.0. The Kier molecular flexibility index (Phi) is 6.22. The van der Waals surface area contributed by atoms with Crippen LogP contribution in [0, 0.1) is 5.92 Å². The standard InChI is InChI=1S/C23H24N2O3S2/c1-4-10-25-22(27)20-16-11-18(14(2)3)28-12-19(16)30-21(20)24-23(25)29-13-17(26)15-8-6-5-7-9-15/h4-9,14,18H,1,10-13H2,2-3H3/t18-/m1/s1. The lowest BCUT2D eigenvalue weighted by molar-refractivity contribution is 0.00200. The van der Waals surface area contributed by atoms with E-state index < -0.39 is 0 Å². The zero-order valence-electron chi connectivity index (χ0n) is 17.1. The third kappa shape index (κ3) is 4.02. The van der Waals surface area contributed by atoms with Gasteiger partial charge in [0.2, 0.25) is 0 Å². The summed E-state index contributed by atoms with van der Waals surface area (Å²) in [5.74, 6) is 0.622. The molecule has 2 aromatic heterocycles. The quantitative estimate of drug-likeness (QED) is 0.230. The minimum absolute atomic E-state index is 0.0127. The van der Waals surface area contributed by atoms with Crippen LogP contribution in [0.5, 0.6) is 0 Å². The highest BCUT2D eigenvalue weighted by molar-refractivity contribution is 7.99. The third-order valence-corrected chi connectivity index (χ3v) is 7.35. The molecule has 0 aliphatic carbocycles. The van der Waals surface area contributed by atoms with Gasteiger partial charge in [-0.05, 0) is 11.5 Å². The van der Waals surface area contributed by atoms with Gasteiger partial charge in [-0.25, -0.2) is 4.98 Å². The maximum atomic E-state index is 13.4. The molecule has 0 saturated carbocycles. The first-order valence-corrected chi connectivity index (χ1v) is 11.8. The summed E-state index contributed by atoms with van der Waals surface area (Å²) in [5, 5.41) is 1.25. The Morgan fingerprint density at radius 2 is 2.17 bits per heavy atom. The van der Waals surface area contributed by atoms with Gasteiger partial charge in [-0.15, -0.1) is 17.9 Å². The second-order valence-corrected chi connectivity index (χ2v) is 9.68. The molecule has 0 fully saturated rings. The topological polar surface area (TPSA) is 61.2 Å². The van der Waals surface area contributed by atoms with Crippen LogP contribution in [0.3, 0.4) is 0 Å². The molecule has 1 aliphatic rings. The lowest BCUT2D eigenvalue weighted by Gasteiger charge is -2.26. The Morgan fingerprint density at radius 3 is 2.87 bits per heavy atom. The van der Waals surface area contributed by atoms with Crippen LogP contribution in [-0.4, -0.2) is 27.2 Å². The van der Waals surface area contributed by atoms with Crippen molar-refractivity contribution in [1.29, 1.82) is 0 Å². The van der Waals surface area contributed by atoms with Gasteiger partial charge in [-0.2, -0.15) is 0 Å².